The van der Waals surface area contributed by atoms with Crippen molar-refractivity contribution in [1.82, 2.24) is 23.8 Å². The molecule has 10 heteroatoms. The van der Waals surface area contributed by atoms with Gasteiger partial charge < -0.3 is 9.47 Å². The Hall–Kier alpha value is -3.92. The number of imidazole rings is 1. The van der Waals surface area contributed by atoms with Crippen LogP contribution in [0.25, 0.3) is 10.8 Å². The molecule has 1 aliphatic rings. The topological polar surface area (TPSA) is 84.2 Å². The van der Waals surface area contributed by atoms with E-state index in [1.807, 2.05) is 36.6 Å². The zero-order valence-corrected chi connectivity index (χ0v) is 20.3. The zero-order valence-electron chi connectivity index (χ0n) is 19.5. The summed E-state index contributed by atoms with van der Waals surface area (Å²) in [6, 6.07) is 14.1. The standard InChI is InChI=1S/C25H23FN6O2S/c1-15-20-21(30(3)24(33)17-7-5-4-6-8-17)28-22(23-27-16(2)29-35-23)32(20)14-13-31(15)25(34)18-9-11-19(26)12-10-18/h4-12,15H,13-14H2,1-3H3. The van der Waals surface area contributed by atoms with Crippen LogP contribution in [0.2, 0.25) is 0 Å². The van der Waals surface area contributed by atoms with Crippen LogP contribution in [0.3, 0.4) is 0 Å². The maximum Gasteiger partial charge on any atom is 0.259 e. The van der Waals surface area contributed by atoms with Gasteiger partial charge in [-0.2, -0.15) is 4.37 Å². The molecule has 2 amide bonds. The number of halogens is 1. The van der Waals surface area contributed by atoms with E-state index >= 15 is 0 Å². The molecule has 0 bridgehead atoms. The van der Waals surface area contributed by atoms with Crippen molar-refractivity contribution in [2.75, 3.05) is 18.5 Å². The van der Waals surface area contributed by atoms with E-state index in [0.29, 0.717) is 46.7 Å². The van der Waals surface area contributed by atoms with Gasteiger partial charge in [-0.25, -0.2) is 14.4 Å². The van der Waals surface area contributed by atoms with Gasteiger partial charge in [0.15, 0.2) is 16.6 Å². The van der Waals surface area contributed by atoms with Crippen molar-refractivity contribution in [2.45, 2.75) is 26.4 Å². The molecule has 0 saturated carbocycles. The molecule has 1 aliphatic heterocycles. The molecule has 178 valence electrons. The minimum Gasteiger partial charge on any atom is -0.328 e. The number of carbonyl (C=O) groups excluding carboxylic acids is 2. The van der Waals surface area contributed by atoms with Crippen molar-refractivity contribution < 1.29 is 14.0 Å². The molecule has 4 aromatic rings. The third-order valence-electron chi connectivity index (χ3n) is 6.13. The highest BCUT2D eigenvalue weighted by Gasteiger charge is 2.36. The quantitative estimate of drug-likeness (QED) is 0.425. The first-order chi connectivity index (χ1) is 16.8. The Labute approximate surface area is 205 Å². The Morgan fingerprint density at radius 3 is 2.40 bits per heavy atom. The molecule has 0 aliphatic carbocycles. The number of amides is 2. The smallest absolute Gasteiger partial charge is 0.259 e. The predicted molar refractivity (Wildman–Crippen MR) is 131 cm³/mol. The van der Waals surface area contributed by atoms with Crippen molar-refractivity contribution in [3.05, 3.63) is 83.1 Å². The summed E-state index contributed by atoms with van der Waals surface area (Å²) in [7, 11) is 1.68. The summed E-state index contributed by atoms with van der Waals surface area (Å²) in [5.74, 6) is 0.919. The molecular weight excluding hydrogens is 467 g/mol. The summed E-state index contributed by atoms with van der Waals surface area (Å²) in [5.41, 5.74) is 1.68. The largest absolute Gasteiger partial charge is 0.328 e. The Bertz CT molecular complexity index is 1400. The summed E-state index contributed by atoms with van der Waals surface area (Å²) < 4.78 is 19.7. The first-order valence-electron chi connectivity index (χ1n) is 11.2. The van der Waals surface area contributed by atoms with Crippen LogP contribution in [-0.4, -0.2) is 49.2 Å². The van der Waals surface area contributed by atoms with Gasteiger partial charge in [0.05, 0.1) is 11.7 Å². The van der Waals surface area contributed by atoms with Crippen molar-refractivity contribution >= 4 is 29.2 Å². The highest BCUT2D eigenvalue weighted by atomic mass is 32.1. The van der Waals surface area contributed by atoms with Gasteiger partial charge in [-0.1, -0.05) is 18.2 Å². The molecule has 2 aromatic carbocycles. The second kappa shape index (κ2) is 9.03. The van der Waals surface area contributed by atoms with Gasteiger partial charge >= 0.3 is 0 Å². The van der Waals surface area contributed by atoms with Gasteiger partial charge in [0, 0.05) is 31.3 Å². The fourth-order valence-electron chi connectivity index (χ4n) is 4.34. The first-order valence-corrected chi connectivity index (χ1v) is 11.9. The Balaban J connectivity index is 1.58. The van der Waals surface area contributed by atoms with Gasteiger partial charge in [-0.15, -0.1) is 0 Å². The lowest BCUT2D eigenvalue weighted by atomic mass is 10.1. The van der Waals surface area contributed by atoms with Crippen molar-refractivity contribution in [3.63, 3.8) is 0 Å². The number of aryl methyl sites for hydroxylation is 1. The molecule has 0 fully saturated rings. The highest BCUT2D eigenvalue weighted by molar-refractivity contribution is 7.09. The van der Waals surface area contributed by atoms with E-state index in [4.69, 9.17) is 4.98 Å². The summed E-state index contributed by atoms with van der Waals surface area (Å²) in [5, 5.41) is 0.654. The van der Waals surface area contributed by atoms with Gasteiger partial charge in [0.1, 0.15) is 11.6 Å². The molecule has 3 heterocycles. The summed E-state index contributed by atoms with van der Waals surface area (Å²) in [6.07, 6.45) is 0. The molecule has 2 aromatic heterocycles. The summed E-state index contributed by atoms with van der Waals surface area (Å²) in [6.45, 7) is 4.63. The third-order valence-corrected chi connectivity index (χ3v) is 6.93. The fourth-order valence-corrected chi connectivity index (χ4v) is 5.01. The monoisotopic (exact) mass is 490 g/mol. The number of anilines is 1. The molecule has 1 atom stereocenters. The number of hydrogen-bond acceptors (Lipinski definition) is 6. The summed E-state index contributed by atoms with van der Waals surface area (Å²) >= 11 is 1.25. The minimum atomic E-state index is -0.397. The number of aromatic nitrogens is 4. The van der Waals surface area contributed by atoms with Crippen LogP contribution >= 0.6 is 11.5 Å². The SMILES string of the molecule is Cc1nsc(-c2nc(N(C)C(=O)c3ccccc3)c3n2CCN(C(=O)c2ccc(F)cc2)C3C)n1. The van der Waals surface area contributed by atoms with Crippen LogP contribution in [0.1, 0.15) is 45.2 Å². The highest BCUT2D eigenvalue weighted by Crippen LogP contribution is 2.38. The minimum absolute atomic E-state index is 0.207. The average Bonchev–Trinajstić information content (AvgIpc) is 3.48. The van der Waals surface area contributed by atoms with Crippen LogP contribution in [0.5, 0.6) is 0 Å². The van der Waals surface area contributed by atoms with Crippen LogP contribution < -0.4 is 4.90 Å². The molecule has 35 heavy (non-hydrogen) atoms. The van der Waals surface area contributed by atoms with E-state index in [1.54, 1.807) is 24.1 Å². The van der Waals surface area contributed by atoms with E-state index in [2.05, 4.69) is 9.36 Å². The molecule has 8 nitrogen and oxygen atoms in total. The predicted octanol–water partition coefficient (Wildman–Crippen LogP) is 4.34. The molecule has 5 rings (SSSR count). The Morgan fingerprint density at radius 1 is 1.03 bits per heavy atom. The van der Waals surface area contributed by atoms with Crippen LogP contribution in [0.15, 0.2) is 54.6 Å². The average molecular weight is 491 g/mol. The van der Waals surface area contributed by atoms with Crippen LogP contribution in [0, 0.1) is 12.7 Å². The second-order valence-corrected chi connectivity index (χ2v) is 9.11. The van der Waals surface area contributed by atoms with Gasteiger partial charge in [-0.05, 0) is 61.8 Å². The number of nitrogens with zero attached hydrogens (tertiary/aromatic N) is 6. The van der Waals surface area contributed by atoms with Gasteiger partial charge in [0.25, 0.3) is 11.8 Å². The maximum absolute atomic E-state index is 13.4. The van der Waals surface area contributed by atoms with Crippen LogP contribution in [0.4, 0.5) is 10.2 Å². The van der Waals surface area contributed by atoms with Crippen molar-refractivity contribution in [3.8, 4) is 10.8 Å². The molecule has 0 N–H and O–H groups in total. The molecule has 1 unspecified atom stereocenters. The second-order valence-electron chi connectivity index (χ2n) is 8.35. The lowest BCUT2D eigenvalue weighted by Gasteiger charge is -2.36. The van der Waals surface area contributed by atoms with Crippen molar-refractivity contribution in [1.29, 1.82) is 0 Å². The number of rotatable bonds is 4. The van der Waals surface area contributed by atoms with E-state index in [-0.39, 0.29) is 11.8 Å². The normalized spacial score (nSPS) is 15.1. The fraction of sp³-hybridized carbons (Fsp3) is 0.240. The Kier molecular flexibility index (Phi) is 5.89. The first kappa shape index (κ1) is 22.9. The van der Waals surface area contributed by atoms with Gasteiger partial charge in [0.2, 0.25) is 0 Å². The zero-order chi connectivity index (χ0) is 24.7. The van der Waals surface area contributed by atoms with Gasteiger partial charge in [-0.3, -0.25) is 14.5 Å². The molecular formula is C25H23FN6O2S. The number of fused-ring (bicyclic) bond motifs is 1. The van der Waals surface area contributed by atoms with E-state index in [0.717, 1.165) is 5.69 Å². The lowest BCUT2D eigenvalue weighted by Crippen LogP contribution is -2.42. The van der Waals surface area contributed by atoms with E-state index < -0.39 is 11.9 Å². The van der Waals surface area contributed by atoms with Crippen molar-refractivity contribution in [2.24, 2.45) is 0 Å². The Morgan fingerprint density at radius 2 is 1.74 bits per heavy atom. The molecule has 0 saturated heterocycles. The van der Waals surface area contributed by atoms with Crippen LogP contribution in [-0.2, 0) is 6.54 Å². The number of hydrogen-bond donors (Lipinski definition) is 0. The van der Waals surface area contributed by atoms with E-state index in [9.17, 15) is 14.0 Å². The maximum atomic E-state index is 13.4. The number of carbonyl (C=O) groups is 2. The van der Waals surface area contributed by atoms with E-state index in [1.165, 1.54) is 40.7 Å². The number of benzene rings is 2. The summed E-state index contributed by atoms with van der Waals surface area (Å²) in [4.78, 5) is 39.2. The lowest BCUT2D eigenvalue weighted by molar-refractivity contribution is 0.0645. The third kappa shape index (κ3) is 4.10. The molecule has 0 spiro atoms. The molecule has 0 radical (unpaired) electrons.